The Morgan fingerprint density at radius 3 is 2.94 bits per heavy atom. The van der Waals surface area contributed by atoms with Crippen LogP contribution in [0.25, 0.3) is 0 Å². The van der Waals surface area contributed by atoms with E-state index in [2.05, 4.69) is 4.98 Å². The monoisotopic (exact) mass is 254 g/mol. The van der Waals surface area contributed by atoms with E-state index in [4.69, 9.17) is 10.5 Å². The molecule has 0 radical (unpaired) electrons. The summed E-state index contributed by atoms with van der Waals surface area (Å²) in [5, 5.41) is 2.67. The van der Waals surface area contributed by atoms with Crippen LogP contribution in [0.3, 0.4) is 0 Å². The third kappa shape index (κ3) is 3.51. The van der Waals surface area contributed by atoms with Crippen LogP contribution >= 0.6 is 11.3 Å². The summed E-state index contributed by atoms with van der Waals surface area (Å²) in [4.78, 5) is 16.1. The summed E-state index contributed by atoms with van der Waals surface area (Å²) in [5.41, 5.74) is 5.88. The van der Waals surface area contributed by atoms with Crippen molar-refractivity contribution in [2.75, 3.05) is 6.54 Å². The third-order valence-corrected chi connectivity index (χ3v) is 3.85. The average molecular weight is 254 g/mol. The minimum atomic E-state index is -0.281. The van der Waals surface area contributed by atoms with Crippen molar-refractivity contribution < 1.29 is 9.53 Å². The molecule has 1 heterocycles. The van der Waals surface area contributed by atoms with Crippen LogP contribution in [-0.4, -0.2) is 23.6 Å². The number of hydrogen-bond acceptors (Lipinski definition) is 5. The van der Waals surface area contributed by atoms with Crippen LogP contribution in [0.4, 0.5) is 0 Å². The van der Waals surface area contributed by atoms with E-state index in [1.165, 1.54) is 17.8 Å². The van der Waals surface area contributed by atoms with Crippen LogP contribution in [0.15, 0.2) is 5.38 Å². The Morgan fingerprint density at radius 1 is 1.47 bits per heavy atom. The highest BCUT2D eigenvalue weighted by molar-refractivity contribution is 7.09. The Kier molecular flexibility index (Phi) is 4.50. The average Bonchev–Trinajstić information content (AvgIpc) is 2.79. The topological polar surface area (TPSA) is 65.2 Å². The third-order valence-electron chi connectivity index (χ3n) is 2.94. The Morgan fingerprint density at radius 2 is 2.24 bits per heavy atom. The number of nitrogens with zero attached hydrogens (tertiary/aromatic N) is 1. The van der Waals surface area contributed by atoms with Crippen LogP contribution in [0, 0.1) is 0 Å². The second-order valence-electron chi connectivity index (χ2n) is 4.33. The predicted molar refractivity (Wildman–Crippen MR) is 67.2 cm³/mol. The highest BCUT2D eigenvalue weighted by atomic mass is 32.1. The summed E-state index contributed by atoms with van der Waals surface area (Å²) in [7, 11) is 0. The molecule has 0 unspecified atom stereocenters. The van der Waals surface area contributed by atoms with Gasteiger partial charge in [0.25, 0.3) is 0 Å². The molecule has 0 atom stereocenters. The molecule has 4 nitrogen and oxygen atoms in total. The number of thiazole rings is 1. The van der Waals surface area contributed by atoms with Gasteiger partial charge < -0.3 is 10.5 Å². The fraction of sp³-hybridized carbons (Fsp3) is 0.667. The van der Waals surface area contributed by atoms with E-state index in [9.17, 15) is 4.79 Å². The molecule has 5 heteroatoms. The van der Waals surface area contributed by atoms with Crippen molar-refractivity contribution in [3.05, 3.63) is 16.1 Å². The van der Waals surface area contributed by atoms with Gasteiger partial charge in [0, 0.05) is 11.8 Å². The van der Waals surface area contributed by atoms with E-state index in [1.807, 2.05) is 0 Å². The number of ether oxygens (including phenoxy) is 1. The fourth-order valence-corrected chi connectivity index (χ4v) is 2.82. The van der Waals surface area contributed by atoms with Gasteiger partial charge in [0.1, 0.15) is 6.10 Å². The van der Waals surface area contributed by atoms with Crippen molar-refractivity contribution in [2.45, 2.75) is 44.6 Å². The molecule has 0 bridgehead atoms. The van der Waals surface area contributed by atoms with Crippen molar-refractivity contribution in [3.63, 3.8) is 0 Å². The van der Waals surface area contributed by atoms with Gasteiger partial charge in [0.05, 0.1) is 5.01 Å². The van der Waals surface area contributed by atoms with Gasteiger partial charge in [-0.15, -0.1) is 11.3 Å². The van der Waals surface area contributed by atoms with E-state index in [1.54, 1.807) is 5.38 Å². The lowest BCUT2D eigenvalue weighted by Gasteiger charge is -2.21. The van der Waals surface area contributed by atoms with Gasteiger partial charge in [-0.3, -0.25) is 0 Å². The van der Waals surface area contributed by atoms with Gasteiger partial charge in [0.2, 0.25) is 0 Å². The first kappa shape index (κ1) is 12.5. The summed E-state index contributed by atoms with van der Waals surface area (Å²) in [6.07, 6.45) is 6.38. The molecule has 0 amide bonds. The first-order chi connectivity index (χ1) is 8.29. The Balaban J connectivity index is 1.89. The maximum absolute atomic E-state index is 11.8. The minimum absolute atomic E-state index is 0.0934. The number of nitrogens with two attached hydrogens (primary N) is 1. The molecular formula is C12H18N2O2S. The molecule has 1 fully saturated rings. The first-order valence-corrected chi connectivity index (χ1v) is 7.03. The Hall–Kier alpha value is -0.940. The summed E-state index contributed by atoms with van der Waals surface area (Å²) in [5.74, 6) is -0.281. The molecule has 94 valence electrons. The Bertz CT molecular complexity index is 372. The standard InChI is InChI=1S/C12H18N2O2S/c13-7-6-11-14-10(8-17-11)12(15)16-9-4-2-1-3-5-9/h8-9H,1-7,13H2. The lowest BCUT2D eigenvalue weighted by atomic mass is 9.98. The molecule has 0 spiro atoms. The summed E-state index contributed by atoms with van der Waals surface area (Å²) < 4.78 is 5.44. The van der Waals surface area contributed by atoms with Crippen molar-refractivity contribution in [1.29, 1.82) is 0 Å². The van der Waals surface area contributed by atoms with Crippen LogP contribution in [0.2, 0.25) is 0 Å². The Labute approximate surface area is 105 Å². The SMILES string of the molecule is NCCc1nc(C(=O)OC2CCCCC2)cs1. The molecule has 1 saturated carbocycles. The summed E-state index contributed by atoms with van der Waals surface area (Å²) in [6, 6.07) is 0. The molecule has 0 aliphatic heterocycles. The van der Waals surface area contributed by atoms with Gasteiger partial charge >= 0.3 is 5.97 Å². The van der Waals surface area contributed by atoms with Crippen LogP contribution in [0.5, 0.6) is 0 Å². The van der Waals surface area contributed by atoms with Crippen molar-refractivity contribution in [3.8, 4) is 0 Å². The van der Waals surface area contributed by atoms with Crippen LogP contribution < -0.4 is 5.73 Å². The van der Waals surface area contributed by atoms with Crippen LogP contribution in [-0.2, 0) is 11.2 Å². The lowest BCUT2D eigenvalue weighted by molar-refractivity contribution is 0.0205. The second kappa shape index (κ2) is 6.12. The van der Waals surface area contributed by atoms with E-state index < -0.39 is 0 Å². The van der Waals surface area contributed by atoms with Gasteiger partial charge in [0.15, 0.2) is 5.69 Å². The molecule has 2 N–H and O–H groups in total. The fourth-order valence-electron chi connectivity index (χ4n) is 2.04. The predicted octanol–water partition coefficient (Wildman–Crippen LogP) is 2.13. The van der Waals surface area contributed by atoms with E-state index in [0.717, 1.165) is 37.1 Å². The molecule has 1 aliphatic carbocycles. The zero-order valence-electron chi connectivity index (χ0n) is 9.85. The van der Waals surface area contributed by atoms with E-state index in [0.29, 0.717) is 12.2 Å². The largest absolute Gasteiger partial charge is 0.458 e. The number of esters is 1. The van der Waals surface area contributed by atoms with E-state index >= 15 is 0 Å². The minimum Gasteiger partial charge on any atom is -0.458 e. The highest BCUT2D eigenvalue weighted by Crippen LogP contribution is 2.21. The highest BCUT2D eigenvalue weighted by Gasteiger charge is 2.20. The zero-order valence-corrected chi connectivity index (χ0v) is 10.7. The second-order valence-corrected chi connectivity index (χ2v) is 5.27. The molecule has 1 aliphatic rings. The quantitative estimate of drug-likeness (QED) is 0.836. The van der Waals surface area contributed by atoms with Crippen molar-refractivity contribution in [2.24, 2.45) is 5.73 Å². The molecule has 1 aromatic heterocycles. The normalized spacial score (nSPS) is 17.0. The lowest BCUT2D eigenvalue weighted by Crippen LogP contribution is -2.21. The number of carbonyl (C=O) groups excluding carboxylic acids is 1. The summed E-state index contributed by atoms with van der Waals surface area (Å²) in [6.45, 7) is 0.560. The van der Waals surface area contributed by atoms with Gasteiger partial charge in [-0.1, -0.05) is 6.42 Å². The smallest absolute Gasteiger partial charge is 0.358 e. The number of hydrogen-bond donors (Lipinski definition) is 1. The number of carbonyl (C=O) groups is 1. The van der Waals surface area contributed by atoms with Gasteiger partial charge in [-0.25, -0.2) is 9.78 Å². The zero-order chi connectivity index (χ0) is 12.1. The first-order valence-electron chi connectivity index (χ1n) is 6.15. The molecule has 17 heavy (non-hydrogen) atoms. The molecule has 0 saturated heterocycles. The number of aromatic nitrogens is 1. The summed E-state index contributed by atoms with van der Waals surface area (Å²) >= 11 is 1.47. The maximum Gasteiger partial charge on any atom is 0.358 e. The van der Waals surface area contributed by atoms with Crippen molar-refractivity contribution in [1.82, 2.24) is 4.98 Å². The van der Waals surface area contributed by atoms with Crippen LogP contribution in [0.1, 0.15) is 47.6 Å². The molecule has 2 rings (SSSR count). The maximum atomic E-state index is 11.8. The molecular weight excluding hydrogens is 236 g/mol. The van der Waals surface area contributed by atoms with Gasteiger partial charge in [-0.05, 0) is 32.2 Å². The van der Waals surface area contributed by atoms with Gasteiger partial charge in [-0.2, -0.15) is 0 Å². The number of rotatable bonds is 4. The van der Waals surface area contributed by atoms with E-state index in [-0.39, 0.29) is 12.1 Å². The molecule has 1 aromatic rings. The van der Waals surface area contributed by atoms with Crippen molar-refractivity contribution >= 4 is 17.3 Å². The molecule has 0 aromatic carbocycles.